The Morgan fingerprint density at radius 3 is 0.947 bits per heavy atom. The summed E-state index contributed by atoms with van der Waals surface area (Å²) in [6, 6.07) is 19.2. The highest BCUT2D eigenvalue weighted by molar-refractivity contribution is 5.70. The topological polar surface area (TPSA) is 253 Å². The molecule has 10 N–H and O–H groups in total. The molecular formula is C43H62N4O10. The molecule has 57 heavy (non-hydrogen) atoms. The number of benzene rings is 2. The number of nitrogens with zero attached hydrogens (tertiary/aromatic N) is 2. The fraction of sp³-hybridized carbons (Fsp3) is 0.535. The summed E-state index contributed by atoms with van der Waals surface area (Å²) in [7, 11) is 0. The second-order valence-electron chi connectivity index (χ2n) is 15.4. The summed E-state index contributed by atoms with van der Waals surface area (Å²) >= 11 is 0. The fourth-order valence-corrected chi connectivity index (χ4v) is 7.17. The van der Waals surface area contributed by atoms with Crippen LogP contribution >= 0.6 is 0 Å². The van der Waals surface area contributed by atoms with Crippen LogP contribution in [0.3, 0.4) is 0 Å². The molecule has 3 saturated carbocycles. The quantitative estimate of drug-likeness (QED) is 0.0910. The molecule has 4 aromatic rings. The Labute approximate surface area is 334 Å². The van der Waals surface area contributed by atoms with Crippen LogP contribution in [0.15, 0.2) is 73.1 Å². The number of H-pyrrole nitrogens is 2. The van der Waals surface area contributed by atoms with Gasteiger partial charge in [0.2, 0.25) is 0 Å². The predicted molar refractivity (Wildman–Crippen MR) is 216 cm³/mol. The first-order valence-electron chi connectivity index (χ1n) is 19.8. The number of carbonyl (C=O) groups is 2. The minimum absolute atomic E-state index is 0.0522. The standard InChI is InChI=1S/2C11H10N2O2.3C7H14O2/c2*14-10(15)6-9-7-12-11(13-9)8-4-2-1-3-5-8;3*8-5-7(6-9)3-1-2-4-7/h2*1-5,7H,6H2,(H,12,13)(H,14,15);3*8-9H,1-6H2. The Hall–Kier alpha value is -4.44. The minimum Gasteiger partial charge on any atom is -0.481 e. The first-order chi connectivity index (χ1) is 27.5. The van der Waals surface area contributed by atoms with Crippen molar-refractivity contribution in [1.82, 2.24) is 19.9 Å². The van der Waals surface area contributed by atoms with Gasteiger partial charge in [0, 0.05) is 39.8 Å². The summed E-state index contributed by atoms with van der Waals surface area (Å²) < 4.78 is 0. The van der Waals surface area contributed by atoms with Crippen molar-refractivity contribution in [1.29, 1.82) is 0 Å². The highest BCUT2D eigenvalue weighted by Crippen LogP contribution is 2.38. The van der Waals surface area contributed by atoms with Gasteiger partial charge in [0.05, 0.1) is 63.9 Å². The fourth-order valence-electron chi connectivity index (χ4n) is 7.17. The summed E-state index contributed by atoms with van der Waals surface area (Å²) in [4.78, 5) is 35.2. The predicted octanol–water partition coefficient (Wildman–Crippen LogP) is 5.00. The van der Waals surface area contributed by atoms with E-state index in [9.17, 15) is 9.59 Å². The maximum absolute atomic E-state index is 10.5. The van der Waals surface area contributed by atoms with Crippen LogP contribution in [0.4, 0.5) is 0 Å². The van der Waals surface area contributed by atoms with E-state index in [1.54, 1.807) is 12.4 Å². The van der Waals surface area contributed by atoms with Crippen LogP contribution in [-0.4, -0.2) is 112 Å². The van der Waals surface area contributed by atoms with E-state index in [0.29, 0.717) is 23.0 Å². The summed E-state index contributed by atoms with van der Waals surface area (Å²) in [5.41, 5.74) is 2.66. The molecule has 0 radical (unpaired) electrons. The van der Waals surface area contributed by atoms with E-state index in [0.717, 1.165) is 49.7 Å². The lowest BCUT2D eigenvalue weighted by atomic mass is 9.89. The van der Waals surface area contributed by atoms with Gasteiger partial charge in [-0.3, -0.25) is 9.59 Å². The van der Waals surface area contributed by atoms with Gasteiger partial charge >= 0.3 is 11.9 Å². The molecule has 2 aromatic heterocycles. The molecule has 3 aliphatic rings. The van der Waals surface area contributed by atoms with Crippen molar-refractivity contribution in [3.63, 3.8) is 0 Å². The number of aliphatic hydroxyl groups excluding tert-OH is 6. The van der Waals surface area contributed by atoms with E-state index in [1.807, 2.05) is 60.7 Å². The number of nitrogens with one attached hydrogen (secondary N) is 2. The van der Waals surface area contributed by atoms with Gasteiger partial charge < -0.3 is 50.8 Å². The van der Waals surface area contributed by atoms with E-state index in [-0.39, 0.29) is 68.7 Å². The summed E-state index contributed by atoms with van der Waals surface area (Å²) in [6.07, 6.45) is 16.1. The first kappa shape index (κ1) is 46.9. The Morgan fingerprint density at radius 2 is 0.737 bits per heavy atom. The van der Waals surface area contributed by atoms with Crippen LogP contribution < -0.4 is 0 Å². The van der Waals surface area contributed by atoms with Crippen LogP contribution in [0, 0.1) is 16.2 Å². The zero-order chi connectivity index (χ0) is 41.6. The molecule has 0 amide bonds. The number of rotatable bonds is 12. The van der Waals surface area contributed by atoms with Crippen molar-refractivity contribution in [3.05, 3.63) is 84.4 Å². The van der Waals surface area contributed by atoms with E-state index in [2.05, 4.69) is 19.9 Å². The molecule has 3 fully saturated rings. The smallest absolute Gasteiger partial charge is 0.309 e. The van der Waals surface area contributed by atoms with E-state index in [4.69, 9.17) is 40.9 Å². The SMILES string of the molecule is O=C(O)Cc1c[nH]c(-c2ccccc2)n1.O=C(O)Cc1c[nH]c(-c2ccccc2)n1.OCC1(CO)CCCC1.OCC1(CO)CCCC1.OCC1(CO)CCCC1. The molecule has 14 nitrogen and oxygen atoms in total. The molecule has 2 aromatic carbocycles. The third-order valence-corrected chi connectivity index (χ3v) is 11.0. The molecule has 314 valence electrons. The van der Waals surface area contributed by atoms with Gasteiger partial charge in [-0.2, -0.15) is 0 Å². The Kier molecular flexibility index (Phi) is 20.1. The van der Waals surface area contributed by atoms with E-state index in [1.165, 1.54) is 38.5 Å². The van der Waals surface area contributed by atoms with Gasteiger partial charge in [-0.1, -0.05) is 99.2 Å². The van der Waals surface area contributed by atoms with Crippen LogP contribution in [0.25, 0.3) is 22.8 Å². The first-order valence-corrected chi connectivity index (χ1v) is 19.8. The highest BCUT2D eigenvalue weighted by atomic mass is 16.4. The van der Waals surface area contributed by atoms with Gasteiger partial charge in [-0.15, -0.1) is 0 Å². The summed E-state index contributed by atoms with van der Waals surface area (Å²) in [5, 5.41) is 70.3. The average Bonchev–Trinajstić information content (AvgIpc) is 4.10. The lowest BCUT2D eigenvalue weighted by Crippen LogP contribution is -2.25. The van der Waals surface area contributed by atoms with Crippen molar-refractivity contribution < 1.29 is 50.4 Å². The number of hydrogen-bond acceptors (Lipinski definition) is 10. The number of aliphatic hydroxyl groups is 6. The van der Waals surface area contributed by atoms with Crippen LogP contribution in [0.1, 0.15) is 88.4 Å². The highest BCUT2D eigenvalue weighted by Gasteiger charge is 2.33. The van der Waals surface area contributed by atoms with E-state index >= 15 is 0 Å². The molecule has 0 bridgehead atoms. The molecule has 14 heteroatoms. The van der Waals surface area contributed by atoms with Gasteiger partial charge in [-0.05, 0) is 38.5 Å². The number of carboxylic acids is 2. The second kappa shape index (κ2) is 24.4. The van der Waals surface area contributed by atoms with Gasteiger partial charge in [-0.25, -0.2) is 9.97 Å². The number of aromatic amines is 2. The summed E-state index contributed by atoms with van der Waals surface area (Å²) in [6.45, 7) is 0.938. The molecule has 0 atom stereocenters. The zero-order valence-electron chi connectivity index (χ0n) is 32.9. The molecular weight excluding hydrogens is 732 g/mol. The normalized spacial score (nSPS) is 17.0. The van der Waals surface area contributed by atoms with Crippen LogP contribution in [0.5, 0.6) is 0 Å². The summed E-state index contributed by atoms with van der Waals surface area (Å²) in [5.74, 6) is -0.346. The molecule has 2 heterocycles. The number of aliphatic carboxylic acids is 2. The molecule has 0 aliphatic heterocycles. The number of carboxylic acid groups (broad SMARTS) is 2. The molecule has 3 aliphatic carbocycles. The zero-order valence-corrected chi connectivity index (χ0v) is 32.9. The minimum atomic E-state index is -0.874. The van der Waals surface area contributed by atoms with Crippen molar-refractivity contribution >= 4 is 11.9 Å². The second-order valence-corrected chi connectivity index (χ2v) is 15.4. The largest absolute Gasteiger partial charge is 0.481 e. The van der Waals surface area contributed by atoms with Crippen molar-refractivity contribution in [2.24, 2.45) is 16.2 Å². The molecule has 0 saturated heterocycles. The van der Waals surface area contributed by atoms with Gasteiger partial charge in [0.15, 0.2) is 0 Å². The molecule has 0 unspecified atom stereocenters. The van der Waals surface area contributed by atoms with Crippen LogP contribution in [0.2, 0.25) is 0 Å². The van der Waals surface area contributed by atoms with Gasteiger partial charge in [0.1, 0.15) is 11.6 Å². The van der Waals surface area contributed by atoms with E-state index < -0.39 is 11.9 Å². The van der Waals surface area contributed by atoms with Crippen molar-refractivity contribution in [2.45, 2.75) is 89.9 Å². The Bertz CT molecular complexity index is 1530. The lowest BCUT2D eigenvalue weighted by Gasteiger charge is -2.22. The third-order valence-electron chi connectivity index (χ3n) is 11.0. The van der Waals surface area contributed by atoms with Crippen LogP contribution in [-0.2, 0) is 22.4 Å². The Balaban J connectivity index is 0.000000195. The number of imidazole rings is 2. The maximum atomic E-state index is 10.5. The third kappa shape index (κ3) is 15.4. The van der Waals surface area contributed by atoms with Gasteiger partial charge in [0.25, 0.3) is 0 Å². The molecule has 7 rings (SSSR count). The monoisotopic (exact) mass is 794 g/mol. The van der Waals surface area contributed by atoms with Crippen molar-refractivity contribution in [2.75, 3.05) is 39.6 Å². The van der Waals surface area contributed by atoms with Crippen molar-refractivity contribution in [3.8, 4) is 22.8 Å². The number of aromatic nitrogens is 4. The molecule has 0 spiro atoms. The lowest BCUT2D eigenvalue weighted by molar-refractivity contribution is -0.137. The maximum Gasteiger partial charge on any atom is 0.309 e. The number of hydrogen-bond donors (Lipinski definition) is 10. The Morgan fingerprint density at radius 1 is 0.474 bits per heavy atom. The average molecular weight is 795 g/mol.